The van der Waals surface area contributed by atoms with Crippen molar-refractivity contribution >= 4 is 19.4 Å². The Kier molecular flexibility index (Phi) is 4.28. The van der Waals surface area contributed by atoms with E-state index in [1.54, 1.807) is 7.11 Å². The summed E-state index contributed by atoms with van der Waals surface area (Å²) in [5, 5.41) is 9.97. The Bertz CT molecular complexity index is 340. The molecular formula is C13H18O2Se. The van der Waals surface area contributed by atoms with E-state index in [4.69, 9.17) is 4.74 Å². The molecule has 0 unspecified atom stereocenters. The Morgan fingerprint density at radius 2 is 2.00 bits per heavy atom. The molecule has 0 saturated heterocycles. The summed E-state index contributed by atoms with van der Waals surface area (Å²) in [7, 11) is 1.71. The molecular weight excluding hydrogens is 267 g/mol. The maximum atomic E-state index is 9.97. The van der Waals surface area contributed by atoms with Crippen molar-refractivity contribution in [2.24, 2.45) is 0 Å². The summed E-state index contributed by atoms with van der Waals surface area (Å²) in [6.45, 7) is 0. The summed E-state index contributed by atoms with van der Waals surface area (Å²) in [5.74, 6) is 0.972. The molecule has 2 atom stereocenters. The average Bonchev–Trinajstić information content (AvgIpc) is 2.33. The molecule has 0 radical (unpaired) electrons. The van der Waals surface area contributed by atoms with Gasteiger partial charge in [-0.3, -0.25) is 0 Å². The van der Waals surface area contributed by atoms with Crippen molar-refractivity contribution in [1.29, 1.82) is 0 Å². The SMILES string of the molecule is COc1ccccc1[Se][C@H]1CCCC[C@@H]1O. The van der Waals surface area contributed by atoms with Crippen LogP contribution in [0.15, 0.2) is 24.3 Å². The van der Waals surface area contributed by atoms with Gasteiger partial charge < -0.3 is 0 Å². The van der Waals surface area contributed by atoms with Gasteiger partial charge in [0.2, 0.25) is 0 Å². The minimum atomic E-state index is -0.0985. The predicted octanol–water partition coefficient (Wildman–Crippen LogP) is 1.75. The van der Waals surface area contributed by atoms with Crippen LogP contribution in [-0.2, 0) is 0 Å². The predicted molar refractivity (Wildman–Crippen MR) is 66.6 cm³/mol. The second-order valence-corrected chi connectivity index (χ2v) is 6.85. The normalized spacial score (nSPS) is 25.4. The third kappa shape index (κ3) is 2.79. The van der Waals surface area contributed by atoms with E-state index in [2.05, 4.69) is 12.1 Å². The average molecular weight is 285 g/mol. The third-order valence-corrected chi connectivity index (χ3v) is 6.04. The van der Waals surface area contributed by atoms with Gasteiger partial charge in [0.25, 0.3) is 0 Å². The molecule has 0 aliphatic heterocycles. The van der Waals surface area contributed by atoms with Crippen LogP contribution in [-0.4, -0.2) is 33.3 Å². The Morgan fingerprint density at radius 1 is 1.25 bits per heavy atom. The van der Waals surface area contributed by atoms with Crippen molar-refractivity contribution in [1.82, 2.24) is 0 Å². The molecule has 3 heteroatoms. The fourth-order valence-corrected chi connectivity index (χ4v) is 4.88. The fourth-order valence-electron chi connectivity index (χ4n) is 2.09. The third-order valence-electron chi connectivity index (χ3n) is 3.02. The summed E-state index contributed by atoms with van der Waals surface area (Å²) in [4.78, 5) is 0.470. The van der Waals surface area contributed by atoms with Gasteiger partial charge in [-0.25, -0.2) is 0 Å². The molecule has 1 aromatic rings. The van der Waals surface area contributed by atoms with Crippen LogP contribution in [0.3, 0.4) is 0 Å². The number of benzene rings is 1. The van der Waals surface area contributed by atoms with Crippen LogP contribution in [0.5, 0.6) is 5.75 Å². The van der Waals surface area contributed by atoms with Gasteiger partial charge in [0.05, 0.1) is 0 Å². The zero-order valence-corrected chi connectivity index (χ0v) is 11.3. The van der Waals surface area contributed by atoms with Crippen molar-refractivity contribution in [2.75, 3.05) is 7.11 Å². The van der Waals surface area contributed by atoms with Crippen molar-refractivity contribution in [3.63, 3.8) is 0 Å². The van der Waals surface area contributed by atoms with Crippen molar-refractivity contribution in [3.05, 3.63) is 24.3 Å². The zero-order valence-electron chi connectivity index (χ0n) is 9.56. The van der Waals surface area contributed by atoms with E-state index in [-0.39, 0.29) is 6.10 Å². The van der Waals surface area contributed by atoms with Crippen LogP contribution >= 0.6 is 0 Å². The second kappa shape index (κ2) is 5.72. The quantitative estimate of drug-likeness (QED) is 0.857. The number of hydrogen-bond acceptors (Lipinski definition) is 2. The topological polar surface area (TPSA) is 29.5 Å². The molecule has 0 spiro atoms. The van der Waals surface area contributed by atoms with Gasteiger partial charge in [0, 0.05) is 0 Å². The van der Waals surface area contributed by atoms with Crippen molar-refractivity contribution in [2.45, 2.75) is 36.6 Å². The van der Waals surface area contributed by atoms with Gasteiger partial charge in [-0.2, -0.15) is 0 Å². The van der Waals surface area contributed by atoms with Crippen LogP contribution in [0.1, 0.15) is 25.7 Å². The van der Waals surface area contributed by atoms with Gasteiger partial charge in [0.15, 0.2) is 0 Å². The zero-order chi connectivity index (χ0) is 11.4. The van der Waals surface area contributed by atoms with Crippen LogP contribution in [0.2, 0.25) is 4.82 Å². The molecule has 1 aliphatic carbocycles. The number of para-hydroxylation sites is 1. The molecule has 2 rings (SSSR count). The summed E-state index contributed by atoms with van der Waals surface area (Å²) >= 11 is 0.326. The summed E-state index contributed by atoms with van der Waals surface area (Å²) in [6.07, 6.45) is 4.48. The monoisotopic (exact) mass is 286 g/mol. The minimum absolute atomic E-state index is 0.0985. The van der Waals surface area contributed by atoms with Gasteiger partial charge in [0.1, 0.15) is 0 Å². The van der Waals surface area contributed by atoms with E-state index < -0.39 is 0 Å². The first-order chi connectivity index (χ1) is 7.81. The van der Waals surface area contributed by atoms with Gasteiger partial charge >= 0.3 is 103 Å². The second-order valence-electron chi connectivity index (χ2n) is 4.16. The van der Waals surface area contributed by atoms with E-state index in [0.29, 0.717) is 19.8 Å². The molecule has 1 saturated carbocycles. The van der Waals surface area contributed by atoms with E-state index >= 15 is 0 Å². The molecule has 0 heterocycles. The molecule has 0 aromatic heterocycles. The standard InChI is InChI=1S/C13H18O2Se/c1-15-11-7-3-5-9-13(11)16-12-8-4-2-6-10(12)14/h3,5,7,9-10,12,14H,2,4,6,8H2,1H3/t10-,12-/m0/s1. The maximum absolute atomic E-state index is 9.97. The molecule has 1 N–H and O–H groups in total. The number of ether oxygens (including phenoxy) is 1. The molecule has 1 aliphatic rings. The van der Waals surface area contributed by atoms with Crippen molar-refractivity contribution in [3.8, 4) is 5.75 Å². The van der Waals surface area contributed by atoms with E-state index in [9.17, 15) is 5.11 Å². The van der Waals surface area contributed by atoms with Crippen LogP contribution in [0, 0.1) is 0 Å². The van der Waals surface area contributed by atoms with Gasteiger partial charge in [-0.05, 0) is 0 Å². The first-order valence-electron chi connectivity index (χ1n) is 5.79. The molecule has 0 bridgehead atoms. The van der Waals surface area contributed by atoms with Gasteiger partial charge in [-0.15, -0.1) is 0 Å². The number of rotatable bonds is 3. The van der Waals surface area contributed by atoms with Crippen molar-refractivity contribution < 1.29 is 9.84 Å². The molecule has 88 valence electrons. The Labute approximate surface area is 103 Å². The first kappa shape index (κ1) is 12.0. The van der Waals surface area contributed by atoms with Crippen LogP contribution in [0.4, 0.5) is 0 Å². The van der Waals surface area contributed by atoms with Gasteiger partial charge in [-0.1, -0.05) is 0 Å². The molecule has 1 aromatic carbocycles. The molecule has 0 amide bonds. The first-order valence-corrected chi connectivity index (χ1v) is 7.63. The number of aliphatic hydroxyl groups is 1. The number of aliphatic hydroxyl groups excluding tert-OH is 1. The Morgan fingerprint density at radius 3 is 2.75 bits per heavy atom. The van der Waals surface area contributed by atoms with E-state index in [0.717, 1.165) is 12.2 Å². The molecule has 1 fully saturated rings. The summed E-state index contributed by atoms with van der Waals surface area (Å²) < 4.78 is 6.64. The van der Waals surface area contributed by atoms with Crippen LogP contribution in [0.25, 0.3) is 0 Å². The summed E-state index contributed by atoms with van der Waals surface area (Å²) in [6, 6.07) is 8.18. The fraction of sp³-hybridized carbons (Fsp3) is 0.538. The Hall–Kier alpha value is -0.501. The number of methoxy groups -OCH3 is 1. The number of hydrogen-bond donors (Lipinski definition) is 1. The van der Waals surface area contributed by atoms with E-state index in [1.165, 1.54) is 23.7 Å². The van der Waals surface area contributed by atoms with E-state index in [1.807, 2.05) is 12.1 Å². The van der Waals surface area contributed by atoms with Crippen LogP contribution < -0.4 is 9.20 Å². The molecule has 16 heavy (non-hydrogen) atoms. The summed E-state index contributed by atoms with van der Waals surface area (Å²) in [5.41, 5.74) is 0. The molecule has 2 nitrogen and oxygen atoms in total. The Balaban J connectivity index is 2.07.